The van der Waals surface area contributed by atoms with Gasteiger partial charge in [-0.15, -0.1) is 0 Å². The van der Waals surface area contributed by atoms with Crippen LogP contribution in [0, 0.1) is 11.8 Å². The minimum atomic E-state index is 0.826. The fraction of sp³-hybridized carbons (Fsp3) is 0.600. The van der Waals surface area contributed by atoms with E-state index in [0.717, 1.165) is 17.8 Å². The first-order chi connectivity index (χ1) is 7.31. The van der Waals surface area contributed by atoms with Crippen molar-refractivity contribution in [3.8, 4) is 0 Å². The van der Waals surface area contributed by atoms with E-state index in [1.807, 2.05) is 0 Å². The summed E-state index contributed by atoms with van der Waals surface area (Å²) in [6.07, 6.45) is 5.56. The van der Waals surface area contributed by atoms with Crippen LogP contribution in [0.3, 0.4) is 0 Å². The van der Waals surface area contributed by atoms with Gasteiger partial charge in [-0.1, -0.05) is 50.6 Å². The first-order valence-corrected chi connectivity index (χ1v) is 6.36. The largest absolute Gasteiger partial charge is 0.0654 e. The summed E-state index contributed by atoms with van der Waals surface area (Å²) in [6.45, 7) is 4.68. The summed E-state index contributed by atoms with van der Waals surface area (Å²) in [5.41, 5.74) is 1.57. The molecule has 1 aromatic carbocycles. The first-order valence-electron chi connectivity index (χ1n) is 6.36. The van der Waals surface area contributed by atoms with Gasteiger partial charge in [0.05, 0.1) is 0 Å². The van der Waals surface area contributed by atoms with Gasteiger partial charge in [0.25, 0.3) is 0 Å². The Labute approximate surface area is 93.7 Å². The van der Waals surface area contributed by atoms with E-state index in [2.05, 4.69) is 44.2 Å². The summed E-state index contributed by atoms with van der Waals surface area (Å²) in [6, 6.07) is 11.1. The van der Waals surface area contributed by atoms with E-state index in [4.69, 9.17) is 0 Å². The summed E-state index contributed by atoms with van der Waals surface area (Å²) >= 11 is 0. The third-order valence-corrected chi connectivity index (χ3v) is 3.81. The molecule has 0 amide bonds. The fourth-order valence-corrected chi connectivity index (χ4v) is 2.98. The molecule has 1 aliphatic rings. The Morgan fingerprint density at radius 2 is 1.87 bits per heavy atom. The lowest BCUT2D eigenvalue weighted by Gasteiger charge is -2.39. The highest BCUT2D eigenvalue weighted by molar-refractivity contribution is 5.21. The molecule has 1 fully saturated rings. The molecule has 2 rings (SSSR count). The Kier molecular flexibility index (Phi) is 3.45. The number of rotatable bonds is 4. The molecule has 1 saturated carbocycles. The molecule has 1 aromatic rings. The second kappa shape index (κ2) is 4.83. The van der Waals surface area contributed by atoms with Crippen molar-refractivity contribution in [1.82, 2.24) is 0 Å². The van der Waals surface area contributed by atoms with Crippen LogP contribution in [0.2, 0.25) is 0 Å². The Morgan fingerprint density at radius 1 is 1.20 bits per heavy atom. The van der Waals surface area contributed by atoms with Gasteiger partial charge in [0.2, 0.25) is 0 Å². The second-order valence-corrected chi connectivity index (χ2v) is 5.14. The van der Waals surface area contributed by atoms with Crippen LogP contribution in [0.1, 0.15) is 51.0 Å². The van der Waals surface area contributed by atoms with Gasteiger partial charge in [-0.25, -0.2) is 0 Å². The lowest BCUT2D eigenvalue weighted by molar-refractivity contribution is 0.169. The van der Waals surface area contributed by atoms with Crippen LogP contribution in [0.15, 0.2) is 30.3 Å². The maximum Gasteiger partial charge on any atom is -0.0134 e. The second-order valence-electron chi connectivity index (χ2n) is 5.14. The van der Waals surface area contributed by atoms with Gasteiger partial charge >= 0.3 is 0 Å². The molecule has 1 aliphatic carbocycles. The molecule has 15 heavy (non-hydrogen) atoms. The average Bonchev–Trinajstić information content (AvgIpc) is 2.23. The molecule has 0 N–H and O–H groups in total. The van der Waals surface area contributed by atoms with Gasteiger partial charge in [-0.2, -0.15) is 0 Å². The molecule has 1 unspecified atom stereocenters. The van der Waals surface area contributed by atoms with Crippen molar-refractivity contribution in [1.29, 1.82) is 0 Å². The quantitative estimate of drug-likeness (QED) is 0.668. The van der Waals surface area contributed by atoms with Crippen LogP contribution in [-0.2, 0) is 0 Å². The van der Waals surface area contributed by atoms with Gasteiger partial charge < -0.3 is 0 Å². The van der Waals surface area contributed by atoms with Gasteiger partial charge in [0, 0.05) is 0 Å². The number of benzene rings is 1. The van der Waals surface area contributed by atoms with Crippen molar-refractivity contribution in [3.63, 3.8) is 0 Å². The molecule has 1 atom stereocenters. The molecule has 0 saturated heterocycles. The molecular formula is C15H22. The summed E-state index contributed by atoms with van der Waals surface area (Å²) in [5.74, 6) is 2.76. The van der Waals surface area contributed by atoms with E-state index in [-0.39, 0.29) is 0 Å². The van der Waals surface area contributed by atoms with E-state index in [1.54, 1.807) is 5.56 Å². The minimum absolute atomic E-state index is 0.826. The Balaban J connectivity index is 2.06. The summed E-state index contributed by atoms with van der Waals surface area (Å²) in [7, 11) is 0. The Morgan fingerprint density at radius 3 is 2.40 bits per heavy atom. The first kappa shape index (κ1) is 10.7. The van der Waals surface area contributed by atoms with Gasteiger partial charge in [-0.05, 0) is 42.6 Å². The zero-order valence-corrected chi connectivity index (χ0v) is 9.95. The van der Waals surface area contributed by atoms with Crippen LogP contribution in [0.25, 0.3) is 0 Å². The molecule has 0 heterocycles. The lowest BCUT2D eigenvalue weighted by atomic mass is 9.66. The van der Waals surface area contributed by atoms with Crippen LogP contribution in [0.4, 0.5) is 0 Å². The SMILES string of the molecule is CCCC(c1ccccc1)C1CC(C)C1. The fourth-order valence-electron chi connectivity index (χ4n) is 2.98. The van der Waals surface area contributed by atoms with Crippen molar-refractivity contribution in [3.05, 3.63) is 35.9 Å². The van der Waals surface area contributed by atoms with Crippen LogP contribution < -0.4 is 0 Å². The highest BCUT2D eigenvalue weighted by atomic mass is 14.4. The molecule has 0 aromatic heterocycles. The highest BCUT2D eigenvalue weighted by Gasteiger charge is 2.32. The molecular weight excluding hydrogens is 180 g/mol. The third-order valence-electron chi connectivity index (χ3n) is 3.81. The monoisotopic (exact) mass is 202 g/mol. The van der Waals surface area contributed by atoms with Crippen LogP contribution in [-0.4, -0.2) is 0 Å². The molecule has 0 spiro atoms. The van der Waals surface area contributed by atoms with E-state index in [9.17, 15) is 0 Å². The van der Waals surface area contributed by atoms with Crippen molar-refractivity contribution >= 4 is 0 Å². The predicted octanol–water partition coefficient (Wildman–Crippen LogP) is 4.62. The smallest absolute Gasteiger partial charge is 0.0134 e. The molecule has 82 valence electrons. The van der Waals surface area contributed by atoms with Crippen molar-refractivity contribution < 1.29 is 0 Å². The van der Waals surface area contributed by atoms with Crippen LogP contribution in [0.5, 0.6) is 0 Å². The average molecular weight is 202 g/mol. The lowest BCUT2D eigenvalue weighted by Crippen LogP contribution is -2.27. The maximum atomic E-state index is 2.38. The summed E-state index contributed by atoms with van der Waals surface area (Å²) in [4.78, 5) is 0. The van der Waals surface area contributed by atoms with Gasteiger partial charge in [0.15, 0.2) is 0 Å². The molecule has 0 nitrogen and oxygen atoms in total. The van der Waals surface area contributed by atoms with E-state index in [1.165, 1.54) is 25.7 Å². The van der Waals surface area contributed by atoms with E-state index >= 15 is 0 Å². The minimum Gasteiger partial charge on any atom is -0.0654 e. The van der Waals surface area contributed by atoms with Gasteiger partial charge in [0.1, 0.15) is 0 Å². The van der Waals surface area contributed by atoms with Crippen molar-refractivity contribution in [2.24, 2.45) is 11.8 Å². The Bertz CT molecular complexity index is 282. The highest BCUT2D eigenvalue weighted by Crippen LogP contribution is 2.44. The summed E-state index contributed by atoms with van der Waals surface area (Å²) < 4.78 is 0. The normalized spacial score (nSPS) is 27.1. The topological polar surface area (TPSA) is 0 Å². The van der Waals surface area contributed by atoms with Crippen LogP contribution >= 0.6 is 0 Å². The molecule has 0 radical (unpaired) electrons. The number of hydrogen-bond acceptors (Lipinski definition) is 0. The third kappa shape index (κ3) is 2.42. The molecule has 0 aliphatic heterocycles. The predicted molar refractivity (Wildman–Crippen MR) is 66.0 cm³/mol. The van der Waals surface area contributed by atoms with E-state index < -0.39 is 0 Å². The number of hydrogen-bond donors (Lipinski definition) is 0. The van der Waals surface area contributed by atoms with Gasteiger partial charge in [-0.3, -0.25) is 0 Å². The van der Waals surface area contributed by atoms with Crippen molar-refractivity contribution in [2.45, 2.75) is 45.4 Å². The summed E-state index contributed by atoms with van der Waals surface area (Å²) in [5, 5.41) is 0. The molecule has 0 bridgehead atoms. The zero-order valence-electron chi connectivity index (χ0n) is 9.95. The molecule has 0 heteroatoms. The maximum absolute atomic E-state index is 2.38. The van der Waals surface area contributed by atoms with Crippen molar-refractivity contribution in [2.75, 3.05) is 0 Å². The Hall–Kier alpha value is -0.780. The standard InChI is InChI=1S/C15H22/c1-3-7-15(14-10-12(2)11-14)13-8-5-4-6-9-13/h4-6,8-9,12,14-15H,3,7,10-11H2,1-2H3. The van der Waals surface area contributed by atoms with E-state index in [0.29, 0.717) is 0 Å². The zero-order chi connectivity index (χ0) is 10.7.